The molecule has 10 rings (SSSR count). The van der Waals surface area contributed by atoms with E-state index in [1.54, 1.807) is 0 Å². The lowest BCUT2D eigenvalue weighted by atomic mass is 9.96. The van der Waals surface area contributed by atoms with Crippen molar-refractivity contribution in [2.24, 2.45) is 0 Å². The Hall–Kier alpha value is -6.98. The Labute approximate surface area is 293 Å². The maximum absolute atomic E-state index is 6.62. The minimum Gasteiger partial charge on any atom is -0.456 e. The number of fused-ring (bicyclic) bond motifs is 7. The Kier molecular flexibility index (Phi) is 6.74. The van der Waals surface area contributed by atoms with Crippen LogP contribution < -0.4 is 0 Å². The molecular weight excluding hydrogens is 625 g/mol. The largest absolute Gasteiger partial charge is 0.456 e. The van der Waals surface area contributed by atoms with Crippen LogP contribution in [0.15, 0.2) is 174 Å². The van der Waals surface area contributed by atoms with E-state index in [1.165, 1.54) is 0 Å². The number of aromatic nitrogens is 4. The lowest BCUT2D eigenvalue weighted by Crippen LogP contribution is -2.00. The lowest BCUT2D eigenvalue weighted by Gasteiger charge is -2.11. The predicted molar refractivity (Wildman–Crippen MR) is 207 cm³/mol. The van der Waals surface area contributed by atoms with Gasteiger partial charge in [-0.05, 0) is 47.5 Å². The molecule has 0 aliphatic rings. The second kappa shape index (κ2) is 11.9. The molecule has 0 bridgehead atoms. The molecule has 0 unspecified atom stereocenters. The Balaban J connectivity index is 1.17. The Morgan fingerprint density at radius 3 is 1.63 bits per heavy atom. The molecule has 0 saturated heterocycles. The zero-order chi connectivity index (χ0) is 33.7. The quantitative estimate of drug-likeness (QED) is 0.173. The van der Waals surface area contributed by atoms with Gasteiger partial charge in [0.2, 0.25) is 0 Å². The van der Waals surface area contributed by atoms with Crippen molar-refractivity contribution in [3.63, 3.8) is 0 Å². The average Bonchev–Trinajstić information content (AvgIpc) is 3.59. The van der Waals surface area contributed by atoms with Gasteiger partial charge in [-0.15, -0.1) is 0 Å². The predicted octanol–water partition coefficient (Wildman–Crippen LogP) is 11.8. The number of benzene rings is 7. The molecule has 0 atom stereocenters. The highest BCUT2D eigenvalue weighted by Gasteiger charge is 2.19. The van der Waals surface area contributed by atoms with Crippen LogP contribution in [0, 0.1) is 0 Å². The van der Waals surface area contributed by atoms with E-state index in [9.17, 15) is 0 Å². The van der Waals surface area contributed by atoms with Gasteiger partial charge < -0.3 is 4.42 Å². The van der Waals surface area contributed by atoms with Gasteiger partial charge in [0.15, 0.2) is 17.5 Å². The van der Waals surface area contributed by atoms with Crippen LogP contribution in [0.2, 0.25) is 0 Å². The monoisotopic (exact) mass is 652 g/mol. The van der Waals surface area contributed by atoms with Crippen molar-refractivity contribution in [3.05, 3.63) is 170 Å². The van der Waals surface area contributed by atoms with Crippen LogP contribution >= 0.6 is 0 Å². The summed E-state index contributed by atoms with van der Waals surface area (Å²) in [5.74, 6) is 1.81. The van der Waals surface area contributed by atoms with Gasteiger partial charge >= 0.3 is 0 Å². The summed E-state index contributed by atoms with van der Waals surface area (Å²) >= 11 is 0. The van der Waals surface area contributed by atoms with Gasteiger partial charge in [-0.2, -0.15) is 0 Å². The van der Waals surface area contributed by atoms with E-state index in [0.29, 0.717) is 17.5 Å². The third kappa shape index (κ3) is 5.03. The van der Waals surface area contributed by atoms with Crippen LogP contribution in [0.1, 0.15) is 0 Å². The second-order valence-electron chi connectivity index (χ2n) is 12.6. The van der Waals surface area contributed by atoms with Crippen LogP contribution in [0.3, 0.4) is 0 Å². The molecule has 10 aromatic rings. The van der Waals surface area contributed by atoms with Crippen molar-refractivity contribution in [1.82, 2.24) is 19.9 Å². The van der Waals surface area contributed by atoms with Gasteiger partial charge in [0, 0.05) is 49.2 Å². The standard InChI is InChI=1S/C46H28N4O/c1-4-13-29(14-5-1)32-19-12-20-33(27-32)45-48-44(31-17-8-3-9-18-31)49-46(50-45)34-23-24-36-40(28-34)51-39-26-25-37-41(42(36)39)35-21-10-11-22-38(35)47-43(37)30-15-6-2-7-16-30/h1-28H. The summed E-state index contributed by atoms with van der Waals surface area (Å²) in [6.07, 6.45) is 0. The summed E-state index contributed by atoms with van der Waals surface area (Å²) in [6, 6.07) is 58.0. The van der Waals surface area contributed by atoms with Crippen molar-refractivity contribution >= 4 is 43.6 Å². The highest BCUT2D eigenvalue weighted by Crippen LogP contribution is 2.42. The van der Waals surface area contributed by atoms with Crippen molar-refractivity contribution in [3.8, 4) is 56.5 Å². The molecule has 0 spiro atoms. The number of rotatable bonds is 5. The van der Waals surface area contributed by atoms with Crippen LogP contribution in [-0.4, -0.2) is 19.9 Å². The molecule has 0 saturated carbocycles. The first-order valence-electron chi connectivity index (χ1n) is 17.0. The van der Waals surface area contributed by atoms with Crippen LogP contribution in [0.5, 0.6) is 0 Å². The fourth-order valence-electron chi connectivity index (χ4n) is 7.08. The Morgan fingerprint density at radius 1 is 0.314 bits per heavy atom. The number of nitrogens with zero attached hydrogens (tertiary/aromatic N) is 4. The molecule has 5 nitrogen and oxygen atoms in total. The fourth-order valence-corrected chi connectivity index (χ4v) is 7.08. The zero-order valence-electron chi connectivity index (χ0n) is 27.4. The molecule has 7 aromatic carbocycles. The summed E-state index contributed by atoms with van der Waals surface area (Å²) in [7, 11) is 0. The van der Waals surface area contributed by atoms with E-state index in [2.05, 4.69) is 121 Å². The molecule has 0 aliphatic carbocycles. The average molecular weight is 653 g/mol. The van der Waals surface area contributed by atoms with Gasteiger partial charge in [-0.3, -0.25) is 0 Å². The molecular formula is C46H28N4O. The molecule has 3 aromatic heterocycles. The topological polar surface area (TPSA) is 64.7 Å². The second-order valence-corrected chi connectivity index (χ2v) is 12.6. The van der Waals surface area contributed by atoms with Gasteiger partial charge in [0.1, 0.15) is 11.2 Å². The Morgan fingerprint density at radius 2 is 0.882 bits per heavy atom. The maximum Gasteiger partial charge on any atom is 0.164 e. The van der Waals surface area contributed by atoms with E-state index in [1.807, 2.05) is 48.5 Å². The van der Waals surface area contributed by atoms with Crippen molar-refractivity contribution in [1.29, 1.82) is 0 Å². The molecule has 0 amide bonds. The molecule has 0 fully saturated rings. The van der Waals surface area contributed by atoms with E-state index in [-0.39, 0.29) is 0 Å². The summed E-state index contributed by atoms with van der Waals surface area (Å²) < 4.78 is 6.62. The van der Waals surface area contributed by atoms with Gasteiger partial charge in [-0.1, -0.05) is 133 Å². The first-order valence-corrected chi connectivity index (χ1v) is 17.0. The van der Waals surface area contributed by atoms with E-state index >= 15 is 0 Å². The molecule has 51 heavy (non-hydrogen) atoms. The molecule has 0 aliphatic heterocycles. The maximum atomic E-state index is 6.62. The summed E-state index contributed by atoms with van der Waals surface area (Å²) in [5, 5.41) is 5.42. The third-order valence-electron chi connectivity index (χ3n) is 9.50. The Bertz CT molecular complexity index is 2900. The van der Waals surface area contributed by atoms with Crippen molar-refractivity contribution in [2.75, 3.05) is 0 Å². The van der Waals surface area contributed by atoms with Gasteiger partial charge in [0.25, 0.3) is 0 Å². The summed E-state index contributed by atoms with van der Waals surface area (Å²) in [6.45, 7) is 0. The molecule has 3 heterocycles. The van der Waals surface area contributed by atoms with Crippen molar-refractivity contribution < 1.29 is 4.42 Å². The van der Waals surface area contributed by atoms with Crippen LogP contribution in [-0.2, 0) is 0 Å². The smallest absolute Gasteiger partial charge is 0.164 e. The molecule has 0 N–H and O–H groups in total. The number of para-hydroxylation sites is 1. The first kappa shape index (κ1) is 29.0. The number of pyridine rings is 1. The molecule has 0 radical (unpaired) electrons. The van der Waals surface area contributed by atoms with Gasteiger partial charge in [-0.25, -0.2) is 19.9 Å². The van der Waals surface area contributed by atoms with E-state index in [0.717, 1.165) is 82.7 Å². The fraction of sp³-hybridized carbons (Fsp3) is 0. The minimum atomic E-state index is 0.581. The number of hydrogen-bond acceptors (Lipinski definition) is 5. The van der Waals surface area contributed by atoms with Crippen molar-refractivity contribution in [2.45, 2.75) is 0 Å². The third-order valence-corrected chi connectivity index (χ3v) is 9.50. The van der Waals surface area contributed by atoms with Crippen LogP contribution in [0.25, 0.3) is 100 Å². The normalized spacial score (nSPS) is 11.5. The molecule has 238 valence electrons. The van der Waals surface area contributed by atoms with Crippen LogP contribution in [0.4, 0.5) is 0 Å². The SMILES string of the molecule is c1ccc(-c2cccc(-c3nc(-c4ccccc4)nc(-c4ccc5c(c4)oc4ccc6c(-c7ccccc7)nc7ccccc7c6c45)n3)c2)cc1. The highest BCUT2D eigenvalue weighted by atomic mass is 16.3. The molecule has 5 heteroatoms. The number of hydrogen-bond donors (Lipinski definition) is 0. The first-order chi connectivity index (χ1) is 25.3. The van der Waals surface area contributed by atoms with E-state index < -0.39 is 0 Å². The lowest BCUT2D eigenvalue weighted by molar-refractivity contribution is 0.669. The summed E-state index contributed by atoms with van der Waals surface area (Å²) in [4.78, 5) is 20.2. The zero-order valence-corrected chi connectivity index (χ0v) is 27.4. The highest BCUT2D eigenvalue weighted by molar-refractivity contribution is 6.28. The minimum absolute atomic E-state index is 0.581. The summed E-state index contributed by atoms with van der Waals surface area (Å²) in [5.41, 5.74) is 9.51. The van der Waals surface area contributed by atoms with E-state index in [4.69, 9.17) is 24.4 Å². The van der Waals surface area contributed by atoms with Gasteiger partial charge in [0.05, 0.1) is 11.2 Å². The number of furan rings is 1.